The van der Waals surface area contributed by atoms with E-state index in [1.807, 2.05) is 47.0 Å². The average molecular weight is 598 g/mol. The van der Waals surface area contributed by atoms with Gasteiger partial charge in [0, 0.05) is 27.1 Å². The van der Waals surface area contributed by atoms with E-state index in [1.165, 1.54) is 33.6 Å². The van der Waals surface area contributed by atoms with Crippen molar-refractivity contribution in [3.8, 4) is 11.3 Å². The molecule has 0 spiro atoms. The molecule has 0 radical (unpaired) electrons. The Morgan fingerprint density at radius 2 is 1.72 bits per heavy atom. The summed E-state index contributed by atoms with van der Waals surface area (Å²) in [5.74, 6) is 0. The number of aromatic amines is 1. The van der Waals surface area contributed by atoms with Gasteiger partial charge in [0.05, 0.1) is 22.0 Å². The van der Waals surface area contributed by atoms with Crippen LogP contribution < -0.4 is 14.9 Å². The Kier molecular flexibility index (Phi) is 6.14. The van der Waals surface area contributed by atoms with Gasteiger partial charge in [-0.2, -0.15) is 0 Å². The number of halogens is 1. The van der Waals surface area contributed by atoms with Crippen molar-refractivity contribution >= 4 is 45.6 Å². The van der Waals surface area contributed by atoms with Gasteiger partial charge in [-0.15, -0.1) is 0 Å². The summed E-state index contributed by atoms with van der Waals surface area (Å²) in [7, 11) is 0. The van der Waals surface area contributed by atoms with E-state index in [-0.39, 0.29) is 11.6 Å². The van der Waals surface area contributed by atoms with Gasteiger partial charge in [-0.25, -0.2) is 4.99 Å². The van der Waals surface area contributed by atoms with Gasteiger partial charge < -0.3 is 4.98 Å². The molecule has 2 aliphatic rings. The highest BCUT2D eigenvalue weighted by Crippen LogP contribution is 2.41. The lowest BCUT2D eigenvalue weighted by Crippen LogP contribution is -2.38. The van der Waals surface area contributed by atoms with Crippen LogP contribution in [-0.2, 0) is 6.42 Å². The fraction of sp³-hybridized carbons (Fsp3) is 0.135. The van der Waals surface area contributed by atoms with E-state index >= 15 is 0 Å². The van der Waals surface area contributed by atoms with Crippen LogP contribution in [-0.4, -0.2) is 9.55 Å². The quantitative estimate of drug-likeness (QED) is 0.223. The number of fused-ring (bicyclic) bond motifs is 4. The second kappa shape index (κ2) is 10.1. The van der Waals surface area contributed by atoms with Crippen LogP contribution in [0.4, 0.5) is 0 Å². The van der Waals surface area contributed by atoms with Crippen LogP contribution in [0.3, 0.4) is 0 Å². The highest BCUT2D eigenvalue weighted by Gasteiger charge is 2.32. The van der Waals surface area contributed by atoms with Crippen LogP contribution in [0.25, 0.3) is 33.9 Å². The van der Waals surface area contributed by atoms with Crippen molar-refractivity contribution < 1.29 is 0 Å². The molecule has 3 heterocycles. The highest BCUT2D eigenvalue weighted by atomic mass is 35.5. The number of nitrogens with one attached hydrogen (secondary N) is 1. The molecule has 1 aliphatic carbocycles. The maximum atomic E-state index is 14.5. The molecule has 1 N–H and O–H groups in total. The third-order valence-electron chi connectivity index (χ3n) is 8.69. The van der Waals surface area contributed by atoms with Crippen molar-refractivity contribution in [1.82, 2.24) is 9.55 Å². The van der Waals surface area contributed by atoms with E-state index in [1.54, 1.807) is 0 Å². The smallest absolute Gasteiger partial charge is 0.271 e. The zero-order valence-electron chi connectivity index (χ0n) is 23.8. The van der Waals surface area contributed by atoms with Gasteiger partial charge in [0.25, 0.3) is 5.56 Å². The van der Waals surface area contributed by atoms with E-state index in [9.17, 15) is 4.79 Å². The van der Waals surface area contributed by atoms with Gasteiger partial charge in [-0.3, -0.25) is 9.36 Å². The monoisotopic (exact) mass is 597 g/mol. The molecule has 6 heteroatoms. The fourth-order valence-corrected chi connectivity index (χ4v) is 7.86. The lowest BCUT2D eigenvalue weighted by molar-refractivity contribution is 0.585. The first-order valence-corrected chi connectivity index (χ1v) is 15.7. The maximum Gasteiger partial charge on any atom is 0.271 e. The van der Waals surface area contributed by atoms with E-state index < -0.39 is 0 Å². The summed E-state index contributed by atoms with van der Waals surface area (Å²) in [6.07, 6.45) is 3.85. The summed E-state index contributed by atoms with van der Waals surface area (Å²) in [4.78, 5) is 24.1. The van der Waals surface area contributed by atoms with E-state index in [2.05, 4.69) is 73.4 Å². The van der Waals surface area contributed by atoms with Gasteiger partial charge in [0.1, 0.15) is 0 Å². The third kappa shape index (κ3) is 4.26. The van der Waals surface area contributed by atoms with Crippen LogP contribution in [0.1, 0.15) is 45.8 Å². The Bertz CT molecular complexity index is 2290. The maximum absolute atomic E-state index is 14.5. The molecule has 43 heavy (non-hydrogen) atoms. The minimum Gasteiger partial charge on any atom is -0.354 e. The molecule has 0 bridgehead atoms. The first-order valence-electron chi connectivity index (χ1n) is 14.5. The zero-order chi connectivity index (χ0) is 29.2. The summed E-state index contributed by atoms with van der Waals surface area (Å²) in [5, 5.41) is 1.79. The molecule has 1 atom stereocenters. The average Bonchev–Trinajstić information content (AvgIpc) is 3.54. The second-order valence-electron chi connectivity index (χ2n) is 11.4. The lowest BCUT2D eigenvalue weighted by Gasteiger charge is -2.30. The number of rotatable bonds is 3. The van der Waals surface area contributed by atoms with E-state index in [0.29, 0.717) is 9.55 Å². The molecule has 4 nitrogen and oxygen atoms in total. The first kappa shape index (κ1) is 26.2. The first-order chi connectivity index (χ1) is 21.0. The van der Waals surface area contributed by atoms with Gasteiger partial charge in [0.2, 0.25) is 0 Å². The summed E-state index contributed by atoms with van der Waals surface area (Å²) in [5.41, 5.74) is 12.3. The SMILES string of the molecule is Cc1cc(C)c2[nH]c(-c3ccccc3)c(/C=c3/sc4n(c3=O)[C@@H](c3ccc(Cl)cc3)C3=C(N=4)c4ccccc4CC3)c2c1. The van der Waals surface area contributed by atoms with Crippen molar-refractivity contribution in [2.24, 2.45) is 4.99 Å². The number of benzene rings is 4. The number of nitrogens with zero attached hydrogens (tertiary/aromatic N) is 2. The molecule has 0 fully saturated rings. The standard InChI is InChI=1S/C37H28ClN3OS/c1-21-18-22(2)32-29(19-21)30(33(39-32)24-9-4-3-5-10-24)20-31-36(42)41-35(25-12-15-26(38)16-13-25)28-17-14-23-8-6-7-11-27(23)34(28)40-37(41)43-31/h3-13,15-16,18-20,35,39H,14,17H2,1-2H3/b31-20+/t35-/m0/s1. The minimum atomic E-state index is -0.236. The van der Waals surface area contributed by atoms with E-state index in [4.69, 9.17) is 16.6 Å². The largest absolute Gasteiger partial charge is 0.354 e. The summed E-state index contributed by atoms with van der Waals surface area (Å²) in [6.45, 7) is 4.25. The molecule has 210 valence electrons. The number of thiazole rings is 1. The number of H-pyrrole nitrogens is 1. The Morgan fingerprint density at radius 1 is 0.953 bits per heavy atom. The number of aryl methyl sites for hydroxylation is 3. The highest BCUT2D eigenvalue weighted by molar-refractivity contribution is 7.07. The van der Waals surface area contributed by atoms with Gasteiger partial charge in [-0.05, 0) is 78.8 Å². The molecule has 0 amide bonds. The van der Waals surface area contributed by atoms with Crippen LogP contribution in [0.15, 0.2) is 106 Å². The normalized spacial score (nSPS) is 16.2. The topological polar surface area (TPSA) is 50.1 Å². The Morgan fingerprint density at radius 3 is 2.53 bits per heavy atom. The molecule has 8 rings (SSSR count). The third-order valence-corrected chi connectivity index (χ3v) is 9.92. The van der Waals surface area contributed by atoms with Crippen molar-refractivity contribution in [3.63, 3.8) is 0 Å². The van der Waals surface area contributed by atoms with Crippen molar-refractivity contribution in [2.45, 2.75) is 32.7 Å². The van der Waals surface area contributed by atoms with Crippen molar-refractivity contribution in [1.29, 1.82) is 0 Å². The van der Waals surface area contributed by atoms with Crippen molar-refractivity contribution in [2.75, 3.05) is 0 Å². The molecule has 4 aromatic carbocycles. The van der Waals surface area contributed by atoms with Crippen LogP contribution >= 0.6 is 22.9 Å². The Balaban J connectivity index is 1.41. The summed E-state index contributed by atoms with van der Waals surface area (Å²) >= 11 is 7.77. The van der Waals surface area contributed by atoms with Crippen molar-refractivity contribution in [3.05, 3.63) is 155 Å². The number of hydrogen-bond donors (Lipinski definition) is 1. The minimum absolute atomic E-state index is 0.0214. The summed E-state index contributed by atoms with van der Waals surface area (Å²) < 4.78 is 2.57. The van der Waals surface area contributed by atoms with Gasteiger partial charge in [-0.1, -0.05) is 101 Å². The Labute approximate surface area is 258 Å². The molecular weight excluding hydrogens is 570 g/mol. The number of allylic oxidation sites excluding steroid dienone is 1. The van der Waals surface area contributed by atoms with Gasteiger partial charge in [0.15, 0.2) is 4.80 Å². The van der Waals surface area contributed by atoms with Gasteiger partial charge >= 0.3 is 0 Å². The lowest BCUT2D eigenvalue weighted by atomic mass is 9.83. The molecule has 6 aromatic rings. The molecule has 0 unspecified atom stereocenters. The molecule has 0 saturated carbocycles. The molecule has 1 aliphatic heterocycles. The van der Waals surface area contributed by atoms with Crippen LogP contribution in [0.5, 0.6) is 0 Å². The number of aromatic nitrogens is 2. The van der Waals surface area contributed by atoms with Crippen LogP contribution in [0, 0.1) is 13.8 Å². The summed E-state index contributed by atoms with van der Waals surface area (Å²) in [6, 6.07) is 30.9. The predicted octanol–water partition coefficient (Wildman–Crippen LogP) is 7.74. The molecule has 0 saturated heterocycles. The molecular formula is C37H28ClN3OS. The molecule has 2 aromatic heterocycles. The fourth-order valence-electron chi connectivity index (χ4n) is 6.75. The zero-order valence-corrected chi connectivity index (χ0v) is 25.4. The van der Waals surface area contributed by atoms with E-state index in [0.717, 1.165) is 62.2 Å². The van der Waals surface area contributed by atoms with Crippen LogP contribution in [0.2, 0.25) is 5.02 Å². The number of hydrogen-bond acceptors (Lipinski definition) is 3. The predicted molar refractivity (Wildman–Crippen MR) is 177 cm³/mol. The Hall–Kier alpha value is -4.45. The second-order valence-corrected chi connectivity index (χ2v) is 12.9.